The van der Waals surface area contributed by atoms with Crippen LogP contribution in [-0.4, -0.2) is 34.8 Å². The van der Waals surface area contributed by atoms with Crippen LogP contribution in [0.4, 0.5) is 5.13 Å². The monoisotopic (exact) mass is 396 g/mol. The van der Waals surface area contributed by atoms with E-state index in [1.54, 1.807) is 25.1 Å². The van der Waals surface area contributed by atoms with Crippen molar-refractivity contribution in [1.29, 1.82) is 0 Å². The summed E-state index contributed by atoms with van der Waals surface area (Å²) >= 11 is 1.26. The number of benzene rings is 2. The summed E-state index contributed by atoms with van der Waals surface area (Å²) in [6.07, 6.45) is 0. The number of fused-ring (bicyclic) bond motifs is 1. The number of aromatic nitrogens is 2. The van der Waals surface area contributed by atoms with E-state index in [0.717, 1.165) is 5.56 Å². The van der Waals surface area contributed by atoms with E-state index in [4.69, 9.17) is 9.47 Å². The SMILES string of the molecule is CC(NC(=O)c1ccc2c(c1)OCO2)C(=O)Nc1nnc(-c2ccccc2)s1. The van der Waals surface area contributed by atoms with Gasteiger partial charge in [0.1, 0.15) is 11.0 Å². The Morgan fingerprint density at radius 1 is 1.07 bits per heavy atom. The molecule has 0 saturated carbocycles. The quantitative estimate of drug-likeness (QED) is 0.687. The van der Waals surface area contributed by atoms with Gasteiger partial charge in [-0.25, -0.2) is 0 Å². The zero-order valence-corrected chi connectivity index (χ0v) is 15.7. The number of carbonyl (C=O) groups excluding carboxylic acids is 2. The molecule has 2 amide bonds. The van der Waals surface area contributed by atoms with Crippen molar-refractivity contribution in [1.82, 2.24) is 15.5 Å². The lowest BCUT2D eigenvalue weighted by atomic mass is 10.1. The van der Waals surface area contributed by atoms with Crippen LogP contribution >= 0.6 is 11.3 Å². The first kappa shape index (κ1) is 17.9. The third-order valence-corrected chi connectivity index (χ3v) is 4.94. The third-order valence-electron chi connectivity index (χ3n) is 4.05. The van der Waals surface area contributed by atoms with Gasteiger partial charge in [-0.2, -0.15) is 0 Å². The minimum Gasteiger partial charge on any atom is -0.454 e. The number of anilines is 1. The van der Waals surface area contributed by atoms with Gasteiger partial charge in [-0.15, -0.1) is 10.2 Å². The van der Waals surface area contributed by atoms with E-state index in [0.29, 0.717) is 27.2 Å². The average molecular weight is 396 g/mol. The Balaban J connectivity index is 1.37. The molecule has 9 heteroatoms. The van der Waals surface area contributed by atoms with Crippen molar-refractivity contribution >= 4 is 28.3 Å². The van der Waals surface area contributed by atoms with Gasteiger partial charge >= 0.3 is 0 Å². The second-order valence-corrected chi connectivity index (χ2v) is 7.01. The Morgan fingerprint density at radius 3 is 2.68 bits per heavy atom. The Bertz CT molecular complexity index is 1020. The predicted octanol–water partition coefficient (Wildman–Crippen LogP) is 2.69. The van der Waals surface area contributed by atoms with Gasteiger partial charge in [0, 0.05) is 11.1 Å². The van der Waals surface area contributed by atoms with Crippen molar-refractivity contribution in [3.05, 3.63) is 54.1 Å². The number of nitrogens with one attached hydrogen (secondary N) is 2. The van der Waals surface area contributed by atoms with Crippen molar-refractivity contribution in [3.8, 4) is 22.1 Å². The molecule has 0 spiro atoms. The van der Waals surface area contributed by atoms with Crippen LogP contribution in [-0.2, 0) is 4.79 Å². The van der Waals surface area contributed by atoms with E-state index in [9.17, 15) is 9.59 Å². The van der Waals surface area contributed by atoms with Crippen LogP contribution in [0.3, 0.4) is 0 Å². The van der Waals surface area contributed by atoms with E-state index in [-0.39, 0.29) is 18.6 Å². The van der Waals surface area contributed by atoms with E-state index >= 15 is 0 Å². The molecule has 1 aliphatic heterocycles. The smallest absolute Gasteiger partial charge is 0.252 e. The van der Waals surface area contributed by atoms with Crippen molar-refractivity contribution in [2.24, 2.45) is 0 Å². The number of hydrogen-bond donors (Lipinski definition) is 2. The highest BCUT2D eigenvalue weighted by Gasteiger charge is 2.21. The van der Waals surface area contributed by atoms with E-state index in [2.05, 4.69) is 20.8 Å². The second-order valence-electron chi connectivity index (χ2n) is 6.03. The molecule has 4 rings (SSSR count). The summed E-state index contributed by atoms with van der Waals surface area (Å²) in [6, 6.07) is 13.7. The number of rotatable bonds is 5. The molecule has 1 aromatic heterocycles. The van der Waals surface area contributed by atoms with Crippen molar-refractivity contribution in [2.45, 2.75) is 13.0 Å². The van der Waals surface area contributed by atoms with Gasteiger partial charge in [-0.1, -0.05) is 41.7 Å². The number of ether oxygens (including phenoxy) is 2. The fourth-order valence-electron chi connectivity index (χ4n) is 2.57. The Kier molecular flexibility index (Phi) is 4.90. The molecule has 1 unspecified atom stereocenters. The molecule has 1 atom stereocenters. The average Bonchev–Trinajstić information content (AvgIpc) is 3.37. The second kappa shape index (κ2) is 7.65. The number of nitrogens with zero attached hydrogens (tertiary/aromatic N) is 2. The standard InChI is InChI=1S/C19H16N4O4S/c1-11(20-17(25)13-7-8-14-15(9-13)27-10-26-14)16(24)21-19-23-22-18(28-19)12-5-3-2-4-6-12/h2-9,11H,10H2,1H3,(H,20,25)(H,21,23,24). The minimum absolute atomic E-state index is 0.131. The summed E-state index contributed by atoms with van der Waals surface area (Å²) in [6.45, 7) is 1.73. The molecule has 8 nitrogen and oxygen atoms in total. The molecule has 0 fully saturated rings. The van der Waals surface area contributed by atoms with Gasteiger partial charge < -0.3 is 14.8 Å². The molecular weight excluding hydrogens is 380 g/mol. The maximum atomic E-state index is 12.4. The first-order valence-corrected chi connectivity index (χ1v) is 9.32. The van der Waals surface area contributed by atoms with Crippen LogP contribution in [0.5, 0.6) is 11.5 Å². The van der Waals surface area contributed by atoms with Gasteiger partial charge in [0.2, 0.25) is 17.8 Å². The molecule has 1 aliphatic rings. The van der Waals surface area contributed by atoms with E-state index in [1.807, 2.05) is 30.3 Å². The zero-order chi connectivity index (χ0) is 19.5. The van der Waals surface area contributed by atoms with Gasteiger partial charge in [-0.3, -0.25) is 14.9 Å². The zero-order valence-electron chi connectivity index (χ0n) is 14.8. The normalized spacial score (nSPS) is 13.0. The van der Waals surface area contributed by atoms with E-state index in [1.165, 1.54) is 11.3 Å². The van der Waals surface area contributed by atoms with Gasteiger partial charge in [-0.05, 0) is 25.1 Å². The topological polar surface area (TPSA) is 102 Å². The summed E-state index contributed by atoms with van der Waals surface area (Å²) in [7, 11) is 0. The number of hydrogen-bond acceptors (Lipinski definition) is 7. The summed E-state index contributed by atoms with van der Waals surface area (Å²) < 4.78 is 10.5. The Hall–Kier alpha value is -3.46. The largest absolute Gasteiger partial charge is 0.454 e. The fourth-order valence-corrected chi connectivity index (χ4v) is 3.32. The van der Waals surface area contributed by atoms with Gasteiger partial charge in [0.15, 0.2) is 11.5 Å². The van der Waals surface area contributed by atoms with Crippen LogP contribution < -0.4 is 20.1 Å². The van der Waals surface area contributed by atoms with Crippen LogP contribution in [0, 0.1) is 0 Å². The molecule has 0 aliphatic carbocycles. The van der Waals surface area contributed by atoms with Crippen molar-refractivity contribution in [2.75, 3.05) is 12.1 Å². The minimum atomic E-state index is -0.762. The van der Waals surface area contributed by atoms with Gasteiger partial charge in [0.25, 0.3) is 5.91 Å². The van der Waals surface area contributed by atoms with Crippen LogP contribution in [0.25, 0.3) is 10.6 Å². The van der Waals surface area contributed by atoms with Crippen molar-refractivity contribution < 1.29 is 19.1 Å². The molecular formula is C19H16N4O4S. The number of carbonyl (C=O) groups is 2. The lowest BCUT2D eigenvalue weighted by molar-refractivity contribution is -0.117. The van der Waals surface area contributed by atoms with E-state index < -0.39 is 6.04 Å². The first-order valence-electron chi connectivity index (χ1n) is 8.50. The lowest BCUT2D eigenvalue weighted by Crippen LogP contribution is -2.41. The summed E-state index contributed by atoms with van der Waals surface area (Å²) in [5, 5.41) is 14.5. The maximum absolute atomic E-state index is 12.4. The molecule has 142 valence electrons. The molecule has 2 heterocycles. The Labute approximate surface area is 164 Å². The van der Waals surface area contributed by atoms with Crippen LogP contribution in [0.15, 0.2) is 48.5 Å². The first-order chi connectivity index (χ1) is 13.6. The summed E-state index contributed by atoms with van der Waals surface area (Å²) in [5.41, 5.74) is 1.30. The summed E-state index contributed by atoms with van der Waals surface area (Å²) in [4.78, 5) is 24.8. The molecule has 28 heavy (non-hydrogen) atoms. The highest BCUT2D eigenvalue weighted by Crippen LogP contribution is 2.32. The Morgan fingerprint density at radius 2 is 1.86 bits per heavy atom. The fraction of sp³-hybridized carbons (Fsp3) is 0.158. The highest BCUT2D eigenvalue weighted by atomic mass is 32.1. The van der Waals surface area contributed by atoms with Crippen LogP contribution in [0.1, 0.15) is 17.3 Å². The van der Waals surface area contributed by atoms with Crippen molar-refractivity contribution in [3.63, 3.8) is 0 Å². The van der Waals surface area contributed by atoms with Gasteiger partial charge in [0.05, 0.1) is 0 Å². The lowest BCUT2D eigenvalue weighted by Gasteiger charge is -2.13. The summed E-state index contributed by atoms with van der Waals surface area (Å²) in [5.74, 6) is 0.327. The number of amides is 2. The highest BCUT2D eigenvalue weighted by molar-refractivity contribution is 7.18. The molecule has 3 aromatic rings. The molecule has 0 bridgehead atoms. The van der Waals surface area contributed by atoms with Crippen LogP contribution in [0.2, 0.25) is 0 Å². The third kappa shape index (κ3) is 3.79. The maximum Gasteiger partial charge on any atom is 0.252 e. The molecule has 0 saturated heterocycles. The molecule has 2 aromatic carbocycles. The molecule has 2 N–H and O–H groups in total. The molecule has 0 radical (unpaired) electrons. The predicted molar refractivity (Wildman–Crippen MR) is 103 cm³/mol.